The predicted molar refractivity (Wildman–Crippen MR) is 137 cm³/mol. The number of aromatic carboxylic acids is 1. The number of pyridine rings is 1. The van der Waals surface area contributed by atoms with Gasteiger partial charge in [0.15, 0.2) is 0 Å². The van der Waals surface area contributed by atoms with Gasteiger partial charge in [-0.3, -0.25) is 14.4 Å². The fourth-order valence-electron chi connectivity index (χ4n) is 4.09. The van der Waals surface area contributed by atoms with Crippen LogP contribution in [0, 0.1) is 5.82 Å². The van der Waals surface area contributed by atoms with Crippen LogP contribution in [0.25, 0.3) is 10.9 Å². The number of nitrogens with zero attached hydrogens (tertiary/aromatic N) is 3. The van der Waals surface area contributed by atoms with Gasteiger partial charge in [0.05, 0.1) is 24.0 Å². The van der Waals surface area contributed by atoms with E-state index < -0.39 is 53.2 Å². The lowest BCUT2D eigenvalue weighted by molar-refractivity contribution is -0.160. The number of hydrogen-bond acceptors (Lipinski definition) is 9. The molecule has 1 aliphatic heterocycles. The van der Waals surface area contributed by atoms with Crippen molar-refractivity contribution in [1.82, 2.24) is 9.47 Å². The smallest absolute Gasteiger partial charge is 0.412 e. The highest BCUT2D eigenvalue weighted by molar-refractivity contribution is 5.93. The molecular weight excluding hydrogens is 517 g/mol. The standard InChI is InChI=1S/C26H32FN3O9/c1-5-28-14-17(24(34)35)23(33)16-12-18(27)20(13-19(16)28)29-8-10-30(11-9-29)25(36)38-15-37-21(31)6-7-22(32)39-26(2,3)4/h12-14H,5-11,15H2,1-4H3,(H,34,35). The first-order valence-corrected chi connectivity index (χ1v) is 12.4. The van der Waals surface area contributed by atoms with Crippen LogP contribution in [0.5, 0.6) is 0 Å². The van der Waals surface area contributed by atoms with Crippen LogP contribution in [0.15, 0.2) is 23.1 Å². The van der Waals surface area contributed by atoms with Gasteiger partial charge in [0.1, 0.15) is 17.0 Å². The van der Waals surface area contributed by atoms with E-state index in [9.17, 15) is 29.1 Å². The number of rotatable bonds is 8. The molecule has 2 heterocycles. The summed E-state index contributed by atoms with van der Waals surface area (Å²) in [6.45, 7) is 7.58. The quantitative estimate of drug-likeness (QED) is 0.385. The summed E-state index contributed by atoms with van der Waals surface area (Å²) >= 11 is 0. The summed E-state index contributed by atoms with van der Waals surface area (Å²) in [4.78, 5) is 62.9. The van der Waals surface area contributed by atoms with Crippen LogP contribution in [-0.2, 0) is 30.3 Å². The third-order valence-electron chi connectivity index (χ3n) is 5.95. The van der Waals surface area contributed by atoms with E-state index in [-0.39, 0.29) is 50.1 Å². The first kappa shape index (κ1) is 29.4. The summed E-state index contributed by atoms with van der Waals surface area (Å²) in [5, 5.41) is 9.28. The number of aryl methyl sites for hydroxylation is 1. The second-order valence-corrected chi connectivity index (χ2v) is 9.89. The Morgan fingerprint density at radius 3 is 2.23 bits per heavy atom. The zero-order chi connectivity index (χ0) is 28.9. The molecule has 1 N–H and O–H groups in total. The molecule has 0 aliphatic carbocycles. The Hall–Kier alpha value is -4.16. The van der Waals surface area contributed by atoms with Gasteiger partial charge in [-0.2, -0.15) is 0 Å². The third kappa shape index (κ3) is 7.45. The summed E-state index contributed by atoms with van der Waals surface area (Å²) < 4.78 is 31.5. The van der Waals surface area contributed by atoms with Crippen molar-refractivity contribution in [3.8, 4) is 0 Å². The van der Waals surface area contributed by atoms with E-state index in [0.29, 0.717) is 12.1 Å². The van der Waals surface area contributed by atoms with Crippen molar-refractivity contribution in [3.63, 3.8) is 0 Å². The number of halogens is 1. The normalized spacial score (nSPS) is 13.8. The van der Waals surface area contributed by atoms with E-state index in [4.69, 9.17) is 14.2 Å². The van der Waals surface area contributed by atoms with Crippen molar-refractivity contribution in [2.24, 2.45) is 0 Å². The predicted octanol–water partition coefficient (Wildman–Crippen LogP) is 2.74. The Morgan fingerprint density at radius 1 is 1.00 bits per heavy atom. The number of benzene rings is 1. The van der Waals surface area contributed by atoms with E-state index in [1.54, 1.807) is 37.2 Å². The van der Waals surface area contributed by atoms with E-state index in [1.165, 1.54) is 17.2 Å². The van der Waals surface area contributed by atoms with Crippen molar-refractivity contribution >= 4 is 40.6 Å². The first-order valence-electron chi connectivity index (χ1n) is 12.4. The molecule has 2 aromatic rings. The highest BCUT2D eigenvalue weighted by Gasteiger charge is 2.26. The van der Waals surface area contributed by atoms with Crippen LogP contribution in [-0.4, -0.2) is 77.1 Å². The molecule has 0 atom stereocenters. The van der Waals surface area contributed by atoms with Gasteiger partial charge in [-0.25, -0.2) is 14.0 Å². The summed E-state index contributed by atoms with van der Waals surface area (Å²) in [6, 6.07) is 2.55. The molecule has 0 unspecified atom stereocenters. The highest BCUT2D eigenvalue weighted by Crippen LogP contribution is 2.26. The fraction of sp³-hybridized carbons (Fsp3) is 0.500. The van der Waals surface area contributed by atoms with Crippen LogP contribution in [0.4, 0.5) is 14.9 Å². The molecular formula is C26H32FN3O9. The third-order valence-corrected chi connectivity index (χ3v) is 5.95. The Morgan fingerprint density at radius 2 is 1.64 bits per heavy atom. The van der Waals surface area contributed by atoms with Crippen LogP contribution in [0.3, 0.4) is 0 Å². The van der Waals surface area contributed by atoms with E-state index in [0.717, 1.165) is 6.07 Å². The molecule has 39 heavy (non-hydrogen) atoms. The molecule has 0 saturated carbocycles. The number of carbonyl (C=O) groups excluding carboxylic acids is 3. The number of carboxylic acid groups (broad SMARTS) is 1. The molecule has 0 radical (unpaired) electrons. The molecule has 1 saturated heterocycles. The maximum absolute atomic E-state index is 15.0. The van der Waals surface area contributed by atoms with Crippen molar-refractivity contribution in [1.29, 1.82) is 0 Å². The molecule has 1 aromatic heterocycles. The summed E-state index contributed by atoms with van der Waals surface area (Å²) in [7, 11) is 0. The largest absolute Gasteiger partial charge is 0.477 e. The van der Waals surface area contributed by atoms with Gasteiger partial charge in [0.25, 0.3) is 0 Å². The summed E-state index contributed by atoms with van der Waals surface area (Å²) in [5.41, 5.74) is -1.23. The van der Waals surface area contributed by atoms with E-state index >= 15 is 4.39 Å². The van der Waals surface area contributed by atoms with Crippen LogP contribution >= 0.6 is 0 Å². The maximum Gasteiger partial charge on any atom is 0.412 e. The number of fused-ring (bicyclic) bond motifs is 1. The lowest BCUT2D eigenvalue weighted by Gasteiger charge is -2.35. The number of carbonyl (C=O) groups is 4. The molecule has 1 aliphatic rings. The number of esters is 2. The number of ether oxygens (including phenoxy) is 3. The minimum atomic E-state index is -1.38. The number of amides is 1. The molecule has 3 rings (SSSR count). The van der Waals surface area contributed by atoms with Crippen molar-refractivity contribution in [2.75, 3.05) is 37.9 Å². The van der Waals surface area contributed by atoms with E-state index in [2.05, 4.69) is 0 Å². The average molecular weight is 550 g/mol. The molecule has 13 heteroatoms. The molecule has 1 amide bonds. The Bertz CT molecular complexity index is 1320. The molecule has 0 spiro atoms. The molecule has 212 valence electrons. The number of anilines is 1. The van der Waals surface area contributed by atoms with Gasteiger partial charge in [-0.1, -0.05) is 0 Å². The second kappa shape index (κ2) is 12.1. The average Bonchev–Trinajstić information content (AvgIpc) is 2.86. The van der Waals surface area contributed by atoms with Crippen LogP contribution < -0.4 is 10.3 Å². The lowest BCUT2D eigenvalue weighted by atomic mass is 10.1. The highest BCUT2D eigenvalue weighted by atomic mass is 19.1. The van der Waals surface area contributed by atoms with Crippen molar-refractivity contribution in [2.45, 2.75) is 52.7 Å². The van der Waals surface area contributed by atoms with Crippen molar-refractivity contribution in [3.05, 3.63) is 39.9 Å². The zero-order valence-electron chi connectivity index (χ0n) is 22.3. The fourth-order valence-corrected chi connectivity index (χ4v) is 4.09. The summed E-state index contributed by atoms with van der Waals surface area (Å²) in [6.07, 6.45) is 0.153. The van der Waals surface area contributed by atoms with Gasteiger partial charge < -0.3 is 33.7 Å². The second-order valence-electron chi connectivity index (χ2n) is 9.89. The van der Waals surface area contributed by atoms with Gasteiger partial charge in [0.2, 0.25) is 12.2 Å². The number of piperazine rings is 1. The molecule has 1 aromatic carbocycles. The Balaban J connectivity index is 1.54. The topological polar surface area (TPSA) is 145 Å². The number of carboxylic acids is 1. The molecule has 12 nitrogen and oxygen atoms in total. The minimum absolute atomic E-state index is 0.0270. The number of aromatic nitrogens is 1. The van der Waals surface area contributed by atoms with E-state index in [1.807, 2.05) is 0 Å². The van der Waals surface area contributed by atoms with Gasteiger partial charge in [-0.05, 0) is 39.8 Å². The SMILES string of the molecule is CCn1cc(C(=O)O)c(=O)c2cc(F)c(N3CCN(C(=O)OCOC(=O)CCC(=O)OC(C)(C)C)CC3)cc21. The zero-order valence-corrected chi connectivity index (χ0v) is 22.3. The van der Waals surface area contributed by atoms with Crippen molar-refractivity contribution < 1.29 is 42.9 Å². The van der Waals surface area contributed by atoms with Gasteiger partial charge >= 0.3 is 24.0 Å². The molecule has 1 fully saturated rings. The van der Waals surface area contributed by atoms with Crippen LogP contribution in [0.2, 0.25) is 0 Å². The number of hydrogen-bond donors (Lipinski definition) is 1. The molecule has 0 bridgehead atoms. The lowest BCUT2D eigenvalue weighted by Crippen LogP contribution is -2.49. The van der Waals surface area contributed by atoms with Gasteiger partial charge in [-0.15, -0.1) is 0 Å². The monoisotopic (exact) mass is 549 g/mol. The van der Waals surface area contributed by atoms with Gasteiger partial charge in [0, 0.05) is 44.3 Å². The van der Waals surface area contributed by atoms with Crippen LogP contribution in [0.1, 0.15) is 50.9 Å². The maximum atomic E-state index is 15.0. The summed E-state index contributed by atoms with van der Waals surface area (Å²) in [5.74, 6) is -3.32. The first-order chi connectivity index (χ1) is 18.3. The minimum Gasteiger partial charge on any atom is -0.477 e. The Kier molecular flexibility index (Phi) is 9.15. The Labute approximate surface area is 223 Å².